The Balaban J connectivity index is 1.69. The topological polar surface area (TPSA) is 55.8 Å². The van der Waals surface area contributed by atoms with Gasteiger partial charge in [0.2, 0.25) is 11.6 Å². The first-order chi connectivity index (χ1) is 10.7. The molecule has 0 bridgehead atoms. The number of rotatable bonds is 4. The summed E-state index contributed by atoms with van der Waals surface area (Å²) >= 11 is 6.03. The fourth-order valence-corrected chi connectivity index (χ4v) is 2.80. The maximum atomic E-state index is 12.4. The van der Waals surface area contributed by atoms with Crippen LogP contribution >= 0.6 is 11.6 Å². The van der Waals surface area contributed by atoms with E-state index in [0.717, 1.165) is 13.1 Å². The maximum Gasteiger partial charge on any atom is 0.230 e. The van der Waals surface area contributed by atoms with Crippen LogP contribution in [0.25, 0.3) is 0 Å². The van der Waals surface area contributed by atoms with Gasteiger partial charge in [-0.25, -0.2) is 0 Å². The van der Waals surface area contributed by atoms with Crippen molar-refractivity contribution in [1.82, 2.24) is 4.90 Å². The standard InChI is InChI=1S/C16H16ClNO4/c17-13-14(19)11-3-1-2-4-12(11)15(20)16(13)22-10-7-18-5-8-21-9-6-18/h1-4H,5-10H2. The van der Waals surface area contributed by atoms with Gasteiger partial charge in [0, 0.05) is 30.8 Å². The molecule has 1 aromatic rings. The molecule has 1 heterocycles. The van der Waals surface area contributed by atoms with Crippen LogP contribution in [0, 0.1) is 0 Å². The van der Waals surface area contributed by atoms with Crippen molar-refractivity contribution < 1.29 is 19.1 Å². The first-order valence-corrected chi connectivity index (χ1v) is 7.57. The second kappa shape index (κ2) is 6.60. The number of Topliss-reactive ketones (excluding diaryl/α,β-unsaturated/α-hetero) is 2. The monoisotopic (exact) mass is 321 g/mol. The van der Waals surface area contributed by atoms with E-state index in [9.17, 15) is 9.59 Å². The van der Waals surface area contributed by atoms with E-state index in [-0.39, 0.29) is 22.4 Å². The number of hydrogen-bond donors (Lipinski definition) is 0. The zero-order valence-corrected chi connectivity index (χ0v) is 12.8. The van der Waals surface area contributed by atoms with E-state index in [2.05, 4.69) is 4.90 Å². The normalized spacial score (nSPS) is 19.3. The summed E-state index contributed by atoms with van der Waals surface area (Å²) in [6.45, 7) is 4.06. The average Bonchev–Trinajstić information content (AvgIpc) is 2.57. The van der Waals surface area contributed by atoms with Gasteiger partial charge in [0.15, 0.2) is 5.76 Å². The largest absolute Gasteiger partial charge is 0.487 e. The number of allylic oxidation sites excluding steroid dienone is 2. The van der Waals surface area contributed by atoms with Gasteiger partial charge in [-0.15, -0.1) is 0 Å². The summed E-state index contributed by atoms with van der Waals surface area (Å²) in [4.78, 5) is 26.8. The number of benzene rings is 1. The lowest BCUT2D eigenvalue weighted by atomic mass is 9.93. The molecule has 1 fully saturated rings. The molecular formula is C16H16ClNO4. The smallest absolute Gasteiger partial charge is 0.230 e. The van der Waals surface area contributed by atoms with Gasteiger partial charge in [-0.2, -0.15) is 0 Å². The molecule has 1 aliphatic carbocycles. The Labute approximate surface area is 133 Å². The van der Waals surface area contributed by atoms with E-state index >= 15 is 0 Å². The molecular weight excluding hydrogens is 306 g/mol. The van der Waals surface area contributed by atoms with Crippen LogP contribution in [0.15, 0.2) is 35.1 Å². The fourth-order valence-electron chi connectivity index (χ4n) is 2.55. The van der Waals surface area contributed by atoms with E-state index < -0.39 is 0 Å². The van der Waals surface area contributed by atoms with Crippen molar-refractivity contribution in [2.24, 2.45) is 0 Å². The predicted octanol–water partition coefficient (Wildman–Crippen LogP) is 1.86. The Morgan fingerprint density at radius 1 is 1.09 bits per heavy atom. The number of fused-ring (bicyclic) bond motifs is 1. The Hall–Kier alpha value is -1.69. The second-order valence-electron chi connectivity index (χ2n) is 5.15. The van der Waals surface area contributed by atoms with Gasteiger partial charge in [-0.05, 0) is 0 Å². The van der Waals surface area contributed by atoms with Crippen LogP contribution in [0.2, 0.25) is 0 Å². The van der Waals surface area contributed by atoms with Crippen LogP contribution in [0.1, 0.15) is 20.7 Å². The molecule has 6 heteroatoms. The molecule has 1 aliphatic heterocycles. The third-order valence-corrected chi connectivity index (χ3v) is 4.12. The van der Waals surface area contributed by atoms with Crippen LogP contribution in [-0.4, -0.2) is 55.9 Å². The van der Waals surface area contributed by atoms with Crippen LogP contribution in [-0.2, 0) is 9.47 Å². The summed E-state index contributed by atoms with van der Waals surface area (Å²) in [7, 11) is 0. The van der Waals surface area contributed by atoms with E-state index in [0.29, 0.717) is 37.5 Å². The van der Waals surface area contributed by atoms with Gasteiger partial charge in [0.1, 0.15) is 11.6 Å². The van der Waals surface area contributed by atoms with Crippen molar-refractivity contribution in [1.29, 1.82) is 0 Å². The Morgan fingerprint density at radius 3 is 2.41 bits per heavy atom. The molecule has 5 nitrogen and oxygen atoms in total. The molecule has 0 N–H and O–H groups in total. The molecule has 22 heavy (non-hydrogen) atoms. The highest BCUT2D eigenvalue weighted by Crippen LogP contribution is 2.28. The molecule has 0 spiro atoms. The lowest BCUT2D eigenvalue weighted by Gasteiger charge is -2.26. The molecule has 116 valence electrons. The Bertz CT molecular complexity index is 635. The molecule has 0 saturated carbocycles. The van der Waals surface area contributed by atoms with E-state index in [1.54, 1.807) is 24.3 Å². The van der Waals surface area contributed by atoms with Crippen molar-refractivity contribution in [3.8, 4) is 0 Å². The van der Waals surface area contributed by atoms with Crippen molar-refractivity contribution in [2.45, 2.75) is 0 Å². The number of morpholine rings is 1. The SMILES string of the molecule is O=C1C(Cl)=C(OCCN2CCOCC2)C(=O)c2ccccc21. The van der Waals surface area contributed by atoms with Crippen LogP contribution < -0.4 is 0 Å². The van der Waals surface area contributed by atoms with Crippen LogP contribution in [0.4, 0.5) is 0 Å². The van der Waals surface area contributed by atoms with Crippen molar-refractivity contribution in [3.63, 3.8) is 0 Å². The number of nitrogens with zero attached hydrogens (tertiary/aromatic N) is 1. The number of carbonyl (C=O) groups is 2. The minimum atomic E-state index is -0.363. The second-order valence-corrected chi connectivity index (χ2v) is 5.53. The fraction of sp³-hybridized carbons (Fsp3) is 0.375. The summed E-state index contributed by atoms with van der Waals surface area (Å²) in [6.07, 6.45) is 0. The Kier molecular flexibility index (Phi) is 4.57. The number of ketones is 2. The number of halogens is 1. The van der Waals surface area contributed by atoms with E-state index in [4.69, 9.17) is 21.1 Å². The highest BCUT2D eigenvalue weighted by atomic mass is 35.5. The lowest BCUT2D eigenvalue weighted by Crippen LogP contribution is -2.38. The summed E-state index contributed by atoms with van der Waals surface area (Å²) in [5, 5.41) is -0.134. The van der Waals surface area contributed by atoms with Gasteiger partial charge in [-0.1, -0.05) is 35.9 Å². The van der Waals surface area contributed by atoms with Crippen molar-refractivity contribution in [3.05, 3.63) is 46.2 Å². The summed E-state index contributed by atoms with van der Waals surface area (Å²) in [5.41, 5.74) is 0.677. The molecule has 3 rings (SSSR count). The molecule has 0 atom stereocenters. The highest BCUT2D eigenvalue weighted by molar-refractivity contribution is 6.49. The van der Waals surface area contributed by atoms with Crippen molar-refractivity contribution in [2.75, 3.05) is 39.5 Å². The molecule has 0 unspecified atom stereocenters. The molecule has 2 aliphatic rings. The average molecular weight is 322 g/mol. The van der Waals surface area contributed by atoms with Gasteiger partial charge in [0.25, 0.3) is 0 Å². The molecule has 0 amide bonds. The molecule has 0 aromatic heterocycles. The minimum absolute atomic E-state index is 0.0429. The third-order valence-electron chi connectivity index (χ3n) is 3.78. The summed E-state index contributed by atoms with van der Waals surface area (Å²) < 4.78 is 10.8. The molecule has 0 radical (unpaired) electrons. The quantitative estimate of drug-likeness (QED) is 0.847. The van der Waals surface area contributed by atoms with E-state index in [1.807, 2.05) is 0 Å². The third kappa shape index (κ3) is 2.92. The number of hydrogen-bond acceptors (Lipinski definition) is 5. The number of carbonyl (C=O) groups excluding carboxylic acids is 2. The number of ether oxygens (including phenoxy) is 2. The van der Waals surface area contributed by atoms with Gasteiger partial charge >= 0.3 is 0 Å². The molecule has 1 aromatic carbocycles. The first-order valence-electron chi connectivity index (χ1n) is 7.19. The predicted molar refractivity (Wildman–Crippen MR) is 81.2 cm³/mol. The van der Waals surface area contributed by atoms with Crippen molar-refractivity contribution >= 4 is 23.2 Å². The zero-order valence-electron chi connectivity index (χ0n) is 12.0. The zero-order chi connectivity index (χ0) is 15.5. The Morgan fingerprint density at radius 2 is 1.73 bits per heavy atom. The first kappa shape index (κ1) is 15.2. The summed E-state index contributed by atoms with van der Waals surface area (Å²) in [5.74, 6) is -0.737. The lowest BCUT2D eigenvalue weighted by molar-refractivity contribution is 0.0269. The maximum absolute atomic E-state index is 12.4. The van der Waals surface area contributed by atoms with Gasteiger partial charge < -0.3 is 9.47 Å². The van der Waals surface area contributed by atoms with E-state index in [1.165, 1.54) is 0 Å². The summed E-state index contributed by atoms with van der Waals surface area (Å²) in [6, 6.07) is 6.64. The highest BCUT2D eigenvalue weighted by Gasteiger charge is 2.32. The van der Waals surface area contributed by atoms with Gasteiger partial charge in [-0.3, -0.25) is 14.5 Å². The van der Waals surface area contributed by atoms with Gasteiger partial charge in [0.05, 0.1) is 13.2 Å². The molecule has 1 saturated heterocycles. The van der Waals surface area contributed by atoms with Crippen LogP contribution in [0.3, 0.4) is 0 Å². The van der Waals surface area contributed by atoms with Crippen LogP contribution in [0.5, 0.6) is 0 Å². The minimum Gasteiger partial charge on any atom is -0.487 e.